The number of nitrogens with one attached hydrogen (secondary N) is 1. The van der Waals surface area contributed by atoms with Crippen molar-refractivity contribution in [3.63, 3.8) is 0 Å². The molecule has 2 unspecified atom stereocenters. The Morgan fingerprint density at radius 2 is 2.05 bits per heavy atom. The average molecular weight is 291 g/mol. The largest absolute Gasteiger partial charge is 0.301 e. The van der Waals surface area contributed by atoms with Crippen molar-refractivity contribution in [1.82, 2.24) is 15.2 Å². The number of piperidine rings is 1. The molecule has 0 aromatic carbocycles. The molecular formula is C16H25N3S. The summed E-state index contributed by atoms with van der Waals surface area (Å²) >= 11 is 1.94. The van der Waals surface area contributed by atoms with Gasteiger partial charge in [-0.15, -0.1) is 11.3 Å². The van der Waals surface area contributed by atoms with E-state index in [1.807, 2.05) is 11.3 Å². The molecule has 0 radical (unpaired) electrons. The van der Waals surface area contributed by atoms with Gasteiger partial charge >= 0.3 is 0 Å². The van der Waals surface area contributed by atoms with Gasteiger partial charge in [-0.1, -0.05) is 6.42 Å². The molecule has 3 aliphatic rings. The summed E-state index contributed by atoms with van der Waals surface area (Å²) in [5.74, 6) is 0. The van der Waals surface area contributed by atoms with Crippen LogP contribution in [0.3, 0.4) is 0 Å². The number of aromatic nitrogens is 1. The SMILES string of the molecule is Cc1nc(C2(NC3CC3)CCN3CCCCC32)sc1C. The molecule has 3 fully saturated rings. The van der Waals surface area contributed by atoms with Crippen LogP contribution in [0.15, 0.2) is 0 Å². The van der Waals surface area contributed by atoms with Crippen molar-refractivity contribution in [3.05, 3.63) is 15.6 Å². The van der Waals surface area contributed by atoms with Crippen LogP contribution >= 0.6 is 11.3 Å². The van der Waals surface area contributed by atoms with Crippen molar-refractivity contribution in [2.45, 2.75) is 70.0 Å². The number of rotatable bonds is 3. The Hall–Kier alpha value is -0.450. The third-order valence-electron chi connectivity index (χ3n) is 5.43. The first-order valence-electron chi connectivity index (χ1n) is 8.15. The lowest BCUT2D eigenvalue weighted by atomic mass is 9.85. The first-order valence-corrected chi connectivity index (χ1v) is 8.97. The predicted octanol–water partition coefficient (Wildman–Crippen LogP) is 2.97. The van der Waals surface area contributed by atoms with Gasteiger partial charge in [0.15, 0.2) is 0 Å². The molecule has 0 spiro atoms. The summed E-state index contributed by atoms with van der Waals surface area (Å²) in [7, 11) is 0. The van der Waals surface area contributed by atoms with Crippen molar-refractivity contribution in [3.8, 4) is 0 Å². The third kappa shape index (κ3) is 2.04. The third-order valence-corrected chi connectivity index (χ3v) is 6.68. The zero-order valence-electron chi connectivity index (χ0n) is 12.6. The van der Waals surface area contributed by atoms with Crippen LogP contribution in [0.1, 0.15) is 54.1 Å². The lowest BCUT2D eigenvalue weighted by molar-refractivity contribution is 0.135. The van der Waals surface area contributed by atoms with Crippen molar-refractivity contribution in [2.24, 2.45) is 0 Å². The Kier molecular flexibility index (Phi) is 3.17. The van der Waals surface area contributed by atoms with Gasteiger partial charge in [0.1, 0.15) is 5.01 Å². The summed E-state index contributed by atoms with van der Waals surface area (Å²) in [5, 5.41) is 5.40. The normalized spacial score (nSPS) is 34.4. The first kappa shape index (κ1) is 13.2. The molecule has 4 heteroatoms. The van der Waals surface area contributed by atoms with E-state index >= 15 is 0 Å². The lowest BCUT2D eigenvalue weighted by Crippen LogP contribution is -2.54. The minimum atomic E-state index is 0.158. The van der Waals surface area contributed by atoms with Gasteiger partial charge in [0.2, 0.25) is 0 Å². The summed E-state index contributed by atoms with van der Waals surface area (Å²) in [6.07, 6.45) is 8.08. The second kappa shape index (κ2) is 4.79. The zero-order valence-corrected chi connectivity index (χ0v) is 13.4. The van der Waals surface area contributed by atoms with Crippen molar-refractivity contribution >= 4 is 11.3 Å². The number of thiazole rings is 1. The van der Waals surface area contributed by atoms with Crippen molar-refractivity contribution in [1.29, 1.82) is 0 Å². The highest BCUT2D eigenvalue weighted by Crippen LogP contribution is 2.45. The zero-order chi connectivity index (χ0) is 13.7. The van der Waals surface area contributed by atoms with Crippen molar-refractivity contribution in [2.75, 3.05) is 13.1 Å². The second-order valence-corrected chi connectivity index (χ2v) is 8.05. The van der Waals surface area contributed by atoms with E-state index in [-0.39, 0.29) is 5.54 Å². The Morgan fingerprint density at radius 1 is 1.20 bits per heavy atom. The maximum atomic E-state index is 4.97. The highest BCUT2D eigenvalue weighted by Gasteiger charge is 2.52. The lowest BCUT2D eigenvalue weighted by Gasteiger charge is -2.40. The van der Waals surface area contributed by atoms with Gasteiger partial charge in [0, 0.05) is 23.5 Å². The Bertz CT molecular complexity index is 488. The van der Waals surface area contributed by atoms with E-state index in [1.165, 1.54) is 67.2 Å². The summed E-state index contributed by atoms with van der Waals surface area (Å²) < 4.78 is 0. The molecule has 1 aliphatic carbocycles. The number of fused-ring (bicyclic) bond motifs is 1. The van der Waals surface area contributed by atoms with Gasteiger partial charge < -0.3 is 5.32 Å². The molecule has 20 heavy (non-hydrogen) atoms. The maximum absolute atomic E-state index is 4.97. The van der Waals surface area contributed by atoms with Gasteiger partial charge in [0.05, 0.1) is 11.2 Å². The molecule has 1 N–H and O–H groups in total. The Labute approximate surface area is 125 Å². The maximum Gasteiger partial charge on any atom is 0.115 e. The number of hydrogen-bond acceptors (Lipinski definition) is 4. The van der Waals surface area contributed by atoms with Gasteiger partial charge in [-0.3, -0.25) is 4.90 Å². The van der Waals surface area contributed by atoms with E-state index < -0.39 is 0 Å². The molecule has 110 valence electrons. The van der Waals surface area contributed by atoms with Crippen LogP contribution in [0.2, 0.25) is 0 Å². The van der Waals surface area contributed by atoms with Gasteiger partial charge in [-0.05, 0) is 52.5 Å². The predicted molar refractivity (Wildman–Crippen MR) is 83.3 cm³/mol. The standard InChI is InChI=1S/C16H25N3S/c1-11-12(2)20-15(17-11)16(18-13-6-7-13)8-10-19-9-4-3-5-14(16)19/h13-14,18H,3-10H2,1-2H3. The molecule has 0 bridgehead atoms. The Morgan fingerprint density at radius 3 is 2.75 bits per heavy atom. The first-order chi connectivity index (χ1) is 9.69. The van der Waals surface area contributed by atoms with Gasteiger partial charge in [-0.2, -0.15) is 0 Å². The highest BCUT2D eigenvalue weighted by molar-refractivity contribution is 7.11. The van der Waals surface area contributed by atoms with Crippen LogP contribution in [-0.4, -0.2) is 35.1 Å². The summed E-state index contributed by atoms with van der Waals surface area (Å²) in [6, 6.07) is 1.43. The minimum Gasteiger partial charge on any atom is -0.301 e. The van der Waals surface area contributed by atoms with Gasteiger partial charge in [0.25, 0.3) is 0 Å². The summed E-state index contributed by atoms with van der Waals surface area (Å²) in [6.45, 7) is 6.92. The molecule has 4 rings (SSSR count). The fourth-order valence-electron chi connectivity index (χ4n) is 4.04. The molecule has 3 nitrogen and oxygen atoms in total. The molecule has 2 atom stereocenters. The van der Waals surface area contributed by atoms with E-state index in [4.69, 9.17) is 4.98 Å². The number of nitrogens with zero attached hydrogens (tertiary/aromatic N) is 2. The molecule has 3 heterocycles. The smallest absolute Gasteiger partial charge is 0.115 e. The van der Waals surface area contributed by atoms with Crippen LogP contribution in [-0.2, 0) is 5.54 Å². The molecule has 0 amide bonds. The fraction of sp³-hybridized carbons (Fsp3) is 0.812. The summed E-state index contributed by atoms with van der Waals surface area (Å²) in [4.78, 5) is 9.09. The molecule has 2 saturated heterocycles. The minimum absolute atomic E-state index is 0.158. The quantitative estimate of drug-likeness (QED) is 0.928. The molecular weight excluding hydrogens is 266 g/mol. The van der Waals surface area contributed by atoms with E-state index in [2.05, 4.69) is 24.1 Å². The average Bonchev–Trinajstić information content (AvgIpc) is 3.09. The van der Waals surface area contributed by atoms with E-state index in [0.29, 0.717) is 6.04 Å². The van der Waals surface area contributed by atoms with Gasteiger partial charge in [-0.25, -0.2) is 4.98 Å². The highest BCUT2D eigenvalue weighted by atomic mass is 32.1. The number of aryl methyl sites for hydroxylation is 2. The van der Waals surface area contributed by atoms with Crippen molar-refractivity contribution < 1.29 is 0 Å². The van der Waals surface area contributed by atoms with Crippen LogP contribution in [0.25, 0.3) is 0 Å². The molecule has 1 aromatic heterocycles. The number of hydrogen-bond donors (Lipinski definition) is 1. The fourth-order valence-corrected chi connectivity index (χ4v) is 5.18. The van der Waals surface area contributed by atoms with E-state index in [9.17, 15) is 0 Å². The van der Waals surface area contributed by atoms with Crippen LogP contribution < -0.4 is 5.32 Å². The molecule has 2 aliphatic heterocycles. The molecule has 1 saturated carbocycles. The van der Waals surface area contributed by atoms with E-state index in [1.54, 1.807) is 0 Å². The molecule has 1 aromatic rings. The second-order valence-electron chi connectivity index (χ2n) is 6.85. The monoisotopic (exact) mass is 291 g/mol. The Balaban J connectivity index is 1.73. The topological polar surface area (TPSA) is 28.2 Å². The van der Waals surface area contributed by atoms with Crippen LogP contribution in [0.5, 0.6) is 0 Å². The van der Waals surface area contributed by atoms with E-state index in [0.717, 1.165) is 6.04 Å². The summed E-state index contributed by atoms with van der Waals surface area (Å²) in [5.41, 5.74) is 1.39. The van der Waals surface area contributed by atoms with Crippen LogP contribution in [0, 0.1) is 13.8 Å². The van der Waals surface area contributed by atoms with Crippen LogP contribution in [0.4, 0.5) is 0 Å².